The van der Waals surface area contributed by atoms with Gasteiger partial charge < -0.3 is 10.6 Å². The van der Waals surface area contributed by atoms with Crippen LogP contribution in [-0.4, -0.2) is 11.1 Å². The summed E-state index contributed by atoms with van der Waals surface area (Å²) >= 11 is 0. The molecule has 0 spiro atoms. The van der Waals surface area contributed by atoms with Crippen molar-refractivity contribution in [1.29, 1.82) is 0 Å². The van der Waals surface area contributed by atoms with Crippen LogP contribution in [0.25, 0.3) is 0 Å². The number of rotatable bonds is 4. The monoisotopic (exact) mass is 332 g/mol. The normalized spacial score (nSPS) is 45.8. The van der Waals surface area contributed by atoms with Gasteiger partial charge in [0.2, 0.25) is 0 Å². The Morgan fingerprint density at radius 1 is 1.25 bits per heavy atom. The second kappa shape index (κ2) is 6.43. The summed E-state index contributed by atoms with van der Waals surface area (Å²) in [5, 5.41) is 4.54. The van der Waals surface area contributed by atoms with Gasteiger partial charge in [-0.25, -0.2) is 0 Å². The zero-order valence-corrected chi connectivity index (χ0v) is 16.5. The third kappa shape index (κ3) is 2.78. The Hall–Kier alpha value is -0.340. The van der Waals surface area contributed by atoms with Gasteiger partial charge in [0.05, 0.1) is 11.1 Å². The highest BCUT2D eigenvalue weighted by molar-refractivity contribution is 5.20. The van der Waals surface area contributed by atoms with Crippen LogP contribution in [0.15, 0.2) is 12.2 Å². The molecule has 3 aliphatic rings. The lowest BCUT2D eigenvalue weighted by Gasteiger charge is -2.62. The lowest BCUT2D eigenvalue weighted by atomic mass is 9.44. The maximum absolute atomic E-state index is 4.59. The van der Waals surface area contributed by atoms with Crippen molar-refractivity contribution in [3.05, 3.63) is 26.2 Å². The molecule has 0 heterocycles. The first kappa shape index (κ1) is 18.5. The van der Waals surface area contributed by atoms with Crippen molar-refractivity contribution in [3.63, 3.8) is 0 Å². The van der Waals surface area contributed by atoms with Gasteiger partial charge in [-0.2, -0.15) is 14.1 Å². The number of allylic oxidation sites excluding steroid dienone is 1. The molecular weight excluding hydrogens is 292 g/mol. The van der Waals surface area contributed by atoms with E-state index in [4.69, 9.17) is 0 Å². The van der Waals surface area contributed by atoms with E-state index in [1.165, 1.54) is 38.5 Å². The molecule has 24 heavy (non-hydrogen) atoms. The first-order valence-electron chi connectivity index (χ1n) is 10.2. The second-order valence-corrected chi connectivity index (χ2v) is 10.0. The molecule has 3 aliphatic carbocycles. The van der Waals surface area contributed by atoms with Crippen molar-refractivity contribution < 1.29 is 10.6 Å². The largest absolute Gasteiger partial charge is 0.474 e. The van der Waals surface area contributed by atoms with Crippen LogP contribution in [0.4, 0.5) is 0 Å². The fourth-order valence-corrected chi connectivity index (χ4v) is 6.90. The third-order valence-electron chi connectivity index (χ3n) is 8.30. The van der Waals surface area contributed by atoms with E-state index in [9.17, 15) is 0 Å². The maximum Gasteiger partial charge on any atom is 0.0789 e. The first-order valence-corrected chi connectivity index (χ1v) is 10.2. The topological polar surface area (TPSA) is 33.2 Å². The van der Waals surface area contributed by atoms with Crippen LogP contribution in [0.5, 0.6) is 0 Å². The molecule has 0 aromatic heterocycles. The molecule has 0 saturated heterocycles. The smallest absolute Gasteiger partial charge is 0.0789 e. The Kier molecular flexibility index (Phi) is 4.94. The quantitative estimate of drug-likeness (QED) is 0.586. The second-order valence-electron chi connectivity index (χ2n) is 10.0. The molecule has 0 amide bonds. The van der Waals surface area contributed by atoms with Crippen LogP contribution >= 0.6 is 0 Å². The molecule has 3 saturated carbocycles. The van der Waals surface area contributed by atoms with E-state index < -0.39 is 0 Å². The SMILES string of the molecule is C=C1CC[C@]2([NH2+][CH2-])C3[C@@H]1[C@@H](CC(C)(C)[NH2+][CH2-])C[C@@H](C)[C@H]3CC[C@H]2C. The lowest BCUT2D eigenvalue weighted by Crippen LogP contribution is -2.98. The van der Waals surface area contributed by atoms with Crippen molar-refractivity contribution in [2.75, 3.05) is 0 Å². The van der Waals surface area contributed by atoms with Crippen LogP contribution in [0, 0.1) is 49.6 Å². The molecule has 3 rings (SSSR count). The highest BCUT2D eigenvalue weighted by Gasteiger charge is 2.60. The van der Waals surface area contributed by atoms with E-state index in [0.29, 0.717) is 11.5 Å². The van der Waals surface area contributed by atoms with Crippen molar-refractivity contribution >= 4 is 0 Å². The molecule has 7 atom stereocenters. The summed E-state index contributed by atoms with van der Waals surface area (Å²) in [7, 11) is 8.46. The summed E-state index contributed by atoms with van der Waals surface area (Å²) in [6.07, 6.45) is 7.95. The van der Waals surface area contributed by atoms with E-state index in [2.05, 4.69) is 59.0 Å². The van der Waals surface area contributed by atoms with Gasteiger partial charge in [-0.1, -0.05) is 26.0 Å². The van der Waals surface area contributed by atoms with Crippen LogP contribution < -0.4 is 10.6 Å². The summed E-state index contributed by atoms with van der Waals surface area (Å²) in [5.74, 6) is 4.77. The minimum Gasteiger partial charge on any atom is -0.474 e. The van der Waals surface area contributed by atoms with Gasteiger partial charge in [0.15, 0.2) is 0 Å². The van der Waals surface area contributed by atoms with Crippen LogP contribution in [-0.2, 0) is 0 Å². The van der Waals surface area contributed by atoms with E-state index >= 15 is 0 Å². The zero-order valence-electron chi connectivity index (χ0n) is 16.5. The highest BCUT2D eigenvalue weighted by atomic mass is 15.0. The molecular formula is C22H40N2. The standard InChI is InChI=1S/C22H40N2/c1-14-10-11-22(24-7)16(3)8-9-18-15(2)12-17(19(14)20(18)22)13-21(4,5)23-6/h15-20H,1,6-13,23-24H2,2-5H3/t15-,16-,17-,18-,19+,20?,22-/m1/s1. The van der Waals surface area contributed by atoms with Gasteiger partial charge >= 0.3 is 0 Å². The van der Waals surface area contributed by atoms with Crippen molar-refractivity contribution in [3.8, 4) is 0 Å². The number of hydrogen-bond acceptors (Lipinski definition) is 0. The zero-order chi connectivity index (χ0) is 17.7. The fourth-order valence-electron chi connectivity index (χ4n) is 6.90. The molecule has 0 aromatic rings. The minimum atomic E-state index is 0.228. The van der Waals surface area contributed by atoms with E-state index in [1.807, 2.05) is 0 Å². The first-order chi connectivity index (χ1) is 11.3. The molecule has 2 nitrogen and oxygen atoms in total. The summed E-state index contributed by atoms with van der Waals surface area (Å²) in [5.41, 5.74) is 2.14. The summed E-state index contributed by atoms with van der Waals surface area (Å²) in [6, 6.07) is 0. The Morgan fingerprint density at radius 3 is 2.58 bits per heavy atom. The molecule has 4 N–H and O–H groups in total. The fraction of sp³-hybridized carbons (Fsp3) is 0.818. The Labute approximate surface area is 150 Å². The Bertz CT molecular complexity index is 482. The molecule has 3 fully saturated rings. The van der Waals surface area contributed by atoms with E-state index in [0.717, 1.165) is 29.6 Å². The van der Waals surface area contributed by atoms with Crippen molar-refractivity contribution in [1.82, 2.24) is 0 Å². The highest BCUT2D eigenvalue weighted by Crippen LogP contribution is 2.60. The Balaban J connectivity index is 1.99. The lowest BCUT2D eigenvalue weighted by molar-refractivity contribution is -0.704. The van der Waals surface area contributed by atoms with Crippen molar-refractivity contribution in [2.24, 2.45) is 35.5 Å². The van der Waals surface area contributed by atoms with Gasteiger partial charge in [-0.05, 0) is 63.2 Å². The molecule has 1 unspecified atom stereocenters. The number of hydrogen-bond donors (Lipinski definition) is 2. The summed E-state index contributed by atoms with van der Waals surface area (Å²) in [4.78, 5) is 0. The van der Waals surface area contributed by atoms with Gasteiger partial charge in [0.25, 0.3) is 0 Å². The minimum absolute atomic E-state index is 0.228. The molecule has 0 aromatic carbocycles. The molecule has 0 radical (unpaired) electrons. The van der Waals surface area contributed by atoms with Gasteiger partial charge in [-0.15, -0.1) is 0 Å². The molecule has 138 valence electrons. The molecule has 0 bridgehead atoms. The van der Waals surface area contributed by atoms with Gasteiger partial charge in [0, 0.05) is 24.7 Å². The number of nitrogens with two attached hydrogens (primary N) is 2. The van der Waals surface area contributed by atoms with Gasteiger partial charge in [0.1, 0.15) is 0 Å². The molecule has 2 heteroatoms. The van der Waals surface area contributed by atoms with Crippen molar-refractivity contribution in [2.45, 2.75) is 77.3 Å². The van der Waals surface area contributed by atoms with Crippen LogP contribution in [0.3, 0.4) is 0 Å². The van der Waals surface area contributed by atoms with Crippen LogP contribution in [0.2, 0.25) is 0 Å². The average molecular weight is 333 g/mol. The summed E-state index contributed by atoms with van der Waals surface area (Å²) in [6.45, 7) is 14.3. The Morgan fingerprint density at radius 2 is 1.96 bits per heavy atom. The molecule has 0 aliphatic heterocycles. The van der Waals surface area contributed by atoms with Crippen LogP contribution in [0.1, 0.15) is 66.2 Å². The maximum atomic E-state index is 4.59. The van der Waals surface area contributed by atoms with E-state index in [1.54, 1.807) is 5.57 Å². The predicted octanol–water partition coefficient (Wildman–Crippen LogP) is 2.89. The average Bonchev–Trinajstić information content (AvgIpc) is 2.54. The third-order valence-corrected chi connectivity index (χ3v) is 8.30. The summed E-state index contributed by atoms with van der Waals surface area (Å²) < 4.78 is 0. The number of quaternary nitrogens is 2. The van der Waals surface area contributed by atoms with Gasteiger partial charge in [-0.3, -0.25) is 0 Å². The van der Waals surface area contributed by atoms with E-state index in [-0.39, 0.29) is 5.54 Å². The predicted molar refractivity (Wildman–Crippen MR) is 101 cm³/mol.